The van der Waals surface area contributed by atoms with Gasteiger partial charge in [-0.3, -0.25) is 0 Å². The SMILES string of the molecule is CC(Cc1cc(CP(C2C3CC4CC(C3)CC2C4)C2C3CC4CC(C3)CC2C4)c(CP(C(C)(C)C)C(C)(C)C)cc1CC(C)c1ccccc1)c1ccccc1. The van der Waals surface area contributed by atoms with Crippen LogP contribution >= 0.6 is 15.8 Å². The molecule has 0 amide bonds. The molecule has 11 rings (SSSR count). The summed E-state index contributed by atoms with van der Waals surface area (Å²) in [6.45, 7) is 20.4. The Morgan fingerprint density at radius 2 is 0.804 bits per heavy atom. The molecular formula is C54H76P2. The van der Waals surface area contributed by atoms with Gasteiger partial charge in [-0.05, 0) is 204 Å². The van der Waals surface area contributed by atoms with Gasteiger partial charge < -0.3 is 0 Å². The Hall–Kier alpha value is -1.48. The Kier molecular flexibility index (Phi) is 11.3. The second kappa shape index (κ2) is 15.8. The van der Waals surface area contributed by atoms with E-state index in [1.165, 1.54) is 23.5 Å². The lowest BCUT2D eigenvalue weighted by Gasteiger charge is -2.62. The number of rotatable bonds is 12. The van der Waals surface area contributed by atoms with E-state index in [2.05, 4.69) is 128 Å². The van der Waals surface area contributed by atoms with Crippen molar-refractivity contribution in [1.82, 2.24) is 0 Å². The lowest BCUT2D eigenvalue weighted by Crippen LogP contribution is -2.52. The van der Waals surface area contributed by atoms with Gasteiger partial charge in [0.2, 0.25) is 0 Å². The Morgan fingerprint density at radius 1 is 0.464 bits per heavy atom. The Balaban J connectivity index is 1.16. The number of hydrogen-bond acceptors (Lipinski definition) is 0. The monoisotopic (exact) mass is 787 g/mol. The molecule has 8 bridgehead atoms. The zero-order valence-corrected chi connectivity index (χ0v) is 38.4. The Bertz CT molecular complexity index is 1680. The molecule has 3 aromatic carbocycles. The quantitative estimate of drug-likeness (QED) is 0.160. The molecule has 0 radical (unpaired) electrons. The molecule has 302 valence electrons. The van der Waals surface area contributed by atoms with Crippen molar-refractivity contribution < 1.29 is 0 Å². The van der Waals surface area contributed by atoms with Crippen molar-refractivity contribution in [2.45, 2.75) is 178 Å². The van der Waals surface area contributed by atoms with Gasteiger partial charge in [0.15, 0.2) is 0 Å². The maximum Gasteiger partial charge on any atom is -0.00607 e. The fourth-order valence-corrected chi connectivity index (χ4v) is 23.3. The molecule has 8 fully saturated rings. The normalized spacial score (nSPS) is 33.6. The van der Waals surface area contributed by atoms with E-state index < -0.39 is 0 Å². The molecule has 2 unspecified atom stereocenters. The Morgan fingerprint density at radius 3 is 1.14 bits per heavy atom. The smallest absolute Gasteiger partial charge is 0.00607 e. The van der Waals surface area contributed by atoms with Gasteiger partial charge in [0.25, 0.3) is 0 Å². The fraction of sp³-hybridized carbons (Fsp3) is 0.667. The highest BCUT2D eigenvalue weighted by Gasteiger charge is 2.57. The van der Waals surface area contributed by atoms with Crippen molar-refractivity contribution in [3.05, 3.63) is 106 Å². The molecular weight excluding hydrogens is 711 g/mol. The first kappa shape index (κ1) is 40.0. The van der Waals surface area contributed by atoms with Crippen LogP contribution in [0.2, 0.25) is 0 Å². The topological polar surface area (TPSA) is 0 Å². The van der Waals surface area contributed by atoms with Gasteiger partial charge in [0.1, 0.15) is 0 Å². The minimum Gasteiger partial charge on any atom is -0.0947 e. The molecule has 3 aromatic rings. The van der Waals surface area contributed by atoms with Crippen LogP contribution in [-0.4, -0.2) is 21.6 Å². The zero-order valence-electron chi connectivity index (χ0n) is 36.7. The van der Waals surface area contributed by atoms with E-state index in [1.807, 2.05) is 5.56 Å². The lowest BCUT2D eigenvalue weighted by molar-refractivity contribution is 0.0129. The van der Waals surface area contributed by atoms with Crippen molar-refractivity contribution in [2.75, 3.05) is 0 Å². The standard InChI is InChI=1S/C54H76P2/c1-35(41-15-11-9-12-16-41)19-43-31-49(50(34-56(53(3,4)5)54(6,7)8)32-44(43)20-36(2)42-17-13-10-14-18-42)33-55(51-45-23-37-21-38(25-45)26-46(51)24-37)52-47-27-39-22-40(29-47)30-48(52)28-39/h9-18,31-32,35-40,45-48,51-52H,19-30,33-34H2,1-8H3. The third kappa shape index (κ3) is 8.18. The largest absolute Gasteiger partial charge is 0.0947 e. The molecule has 0 aliphatic heterocycles. The average Bonchev–Trinajstić information content (AvgIpc) is 3.14. The van der Waals surface area contributed by atoms with Gasteiger partial charge >= 0.3 is 0 Å². The first-order valence-electron chi connectivity index (χ1n) is 23.5. The Labute approximate surface area is 346 Å². The summed E-state index contributed by atoms with van der Waals surface area (Å²) in [5, 5.41) is 0.632. The minimum absolute atomic E-state index is 0.0660. The van der Waals surface area contributed by atoms with E-state index in [-0.39, 0.29) is 15.8 Å². The molecule has 2 atom stereocenters. The van der Waals surface area contributed by atoms with Crippen molar-refractivity contribution in [3.8, 4) is 0 Å². The molecule has 0 heterocycles. The number of benzene rings is 3. The van der Waals surface area contributed by atoms with E-state index in [0.717, 1.165) is 71.5 Å². The summed E-state index contributed by atoms with van der Waals surface area (Å²) in [4.78, 5) is 0. The van der Waals surface area contributed by atoms with E-state index >= 15 is 0 Å². The molecule has 0 saturated heterocycles. The fourth-order valence-electron chi connectivity index (χ4n) is 15.1. The third-order valence-corrected chi connectivity index (χ3v) is 24.6. The number of hydrogen-bond donors (Lipinski definition) is 0. The summed E-state index contributed by atoms with van der Waals surface area (Å²) < 4.78 is 0. The van der Waals surface area contributed by atoms with Gasteiger partial charge in [0.05, 0.1) is 0 Å². The predicted molar refractivity (Wildman–Crippen MR) is 246 cm³/mol. The highest BCUT2D eigenvalue weighted by molar-refractivity contribution is 7.60. The maximum atomic E-state index is 2.90. The highest BCUT2D eigenvalue weighted by atomic mass is 31.1. The van der Waals surface area contributed by atoms with Crippen LogP contribution in [0, 0.1) is 47.3 Å². The van der Waals surface area contributed by atoms with Crippen LogP contribution in [0.1, 0.15) is 165 Å². The van der Waals surface area contributed by atoms with Gasteiger partial charge in [-0.1, -0.05) is 144 Å². The first-order valence-corrected chi connectivity index (χ1v) is 26.7. The van der Waals surface area contributed by atoms with E-state index in [0.29, 0.717) is 22.1 Å². The minimum atomic E-state index is -0.241. The summed E-state index contributed by atoms with van der Waals surface area (Å²) in [7, 11) is -0.307. The zero-order chi connectivity index (χ0) is 38.9. The van der Waals surface area contributed by atoms with Crippen LogP contribution in [0.5, 0.6) is 0 Å². The first-order chi connectivity index (χ1) is 26.8. The third-order valence-electron chi connectivity index (χ3n) is 16.7. The lowest BCUT2D eigenvalue weighted by atomic mass is 9.55. The van der Waals surface area contributed by atoms with Gasteiger partial charge in [-0.25, -0.2) is 0 Å². The maximum absolute atomic E-state index is 2.90. The van der Waals surface area contributed by atoms with Crippen LogP contribution in [-0.2, 0) is 25.2 Å². The second-order valence-electron chi connectivity index (χ2n) is 22.9. The molecule has 56 heavy (non-hydrogen) atoms. The van der Waals surface area contributed by atoms with E-state index in [4.69, 9.17) is 0 Å². The summed E-state index contributed by atoms with van der Waals surface area (Å²) in [6, 6.07) is 28.6. The average molecular weight is 787 g/mol. The molecule has 0 nitrogen and oxygen atoms in total. The van der Waals surface area contributed by atoms with Gasteiger partial charge in [0, 0.05) is 0 Å². The molecule has 0 N–H and O–H groups in total. The summed E-state index contributed by atoms with van der Waals surface area (Å²) in [6.07, 6.45) is 20.9. The molecule has 8 saturated carbocycles. The van der Waals surface area contributed by atoms with Crippen LogP contribution in [0.25, 0.3) is 0 Å². The van der Waals surface area contributed by atoms with Crippen LogP contribution in [0.3, 0.4) is 0 Å². The predicted octanol–water partition coefficient (Wildman–Crippen LogP) is 15.6. The van der Waals surface area contributed by atoms with E-state index in [9.17, 15) is 0 Å². The summed E-state index contributed by atoms with van der Waals surface area (Å²) in [5.41, 5.74) is 12.0. The molecule has 8 aliphatic rings. The molecule has 2 heteroatoms. The van der Waals surface area contributed by atoms with Crippen LogP contribution < -0.4 is 0 Å². The second-order valence-corrected chi connectivity index (χ2v) is 29.3. The van der Waals surface area contributed by atoms with Crippen LogP contribution in [0.4, 0.5) is 0 Å². The highest BCUT2D eigenvalue weighted by Crippen LogP contribution is 2.72. The molecule has 0 spiro atoms. The van der Waals surface area contributed by atoms with Crippen molar-refractivity contribution in [3.63, 3.8) is 0 Å². The van der Waals surface area contributed by atoms with Crippen LogP contribution in [0.15, 0.2) is 72.8 Å². The molecule has 8 aliphatic carbocycles. The molecule has 0 aromatic heterocycles. The summed E-state index contributed by atoms with van der Waals surface area (Å²) in [5.74, 6) is 9.47. The van der Waals surface area contributed by atoms with Crippen molar-refractivity contribution >= 4 is 15.8 Å². The van der Waals surface area contributed by atoms with Gasteiger partial charge in [-0.2, -0.15) is 0 Å². The van der Waals surface area contributed by atoms with E-state index in [1.54, 1.807) is 80.9 Å². The van der Waals surface area contributed by atoms with Gasteiger partial charge in [-0.15, -0.1) is 0 Å². The van der Waals surface area contributed by atoms with Crippen molar-refractivity contribution in [1.29, 1.82) is 0 Å². The summed E-state index contributed by atoms with van der Waals surface area (Å²) >= 11 is 0. The van der Waals surface area contributed by atoms with Crippen molar-refractivity contribution in [2.24, 2.45) is 47.3 Å².